The van der Waals surface area contributed by atoms with Crippen molar-refractivity contribution < 1.29 is 4.79 Å². The number of nitriles is 1. The first-order chi connectivity index (χ1) is 8.70. The van der Waals surface area contributed by atoms with E-state index in [1.54, 1.807) is 24.3 Å². The highest BCUT2D eigenvalue weighted by Crippen LogP contribution is 2.30. The summed E-state index contributed by atoms with van der Waals surface area (Å²) in [5.41, 5.74) is 1.09. The Morgan fingerprint density at radius 3 is 3.00 bits per heavy atom. The fourth-order valence-electron chi connectivity index (χ4n) is 2.58. The lowest BCUT2D eigenvalue weighted by Gasteiger charge is -2.15. The lowest BCUT2D eigenvalue weighted by molar-refractivity contribution is 0.0944. The molecule has 3 heteroatoms. The van der Waals surface area contributed by atoms with E-state index in [2.05, 4.69) is 12.2 Å². The first-order valence-corrected chi connectivity index (χ1v) is 6.49. The number of nitrogens with zero attached hydrogens (tertiary/aromatic N) is 1. The Morgan fingerprint density at radius 2 is 2.33 bits per heavy atom. The summed E-state index contributed by atoms with van der Waals surface area (Å²) in [4.78, 5) is 12.0. The minimum atomic E-state index is -0.0776. The Balaban J connectivity index is 1.93. The molecule has 94 valence electrons. The van der Waals surface area contributed by atoms with Gasteiger partial charge >= 0.3 is 0 Å². The van der Waals surface area contributed by atoms with Gasteiger partial charge in [0.15, 0.2) is 0 Å². The molecule has 3 nitrogen and oxygen atoms in total. The normalized spacial score (nSPS) is 22.4. The molecule has 1 saturated carbocycles. The zero-order chi connectivity index (χ0) is 13.0. The maximum Gasteiger partial charge on any atom is 0.251 e. The molecule has 0 aliphatic heterocycles. The third-order valence-corrected chi connectivity index (χ3v) is 3.82. The number of carbonyl (C=O) groups excluding carboxylic acids is 1. The van der Waals surface area contributed by atoms with E-state index in [0.717, 1.165) is 6.54 Å². The van der Waals surface area contributed by atoms with Crippen molar-refractivity contribution in [2.24, 2.45) is 11.8 Å². The van der Waals surface area contributed by atoms with Crippen LogP contribution in [0.15, 0.2) is 24.3 Å². The summed E-state index contributed by atoms with van der Waals surface area (Å²) < 4.78 is 0. The Hall–Kier alpha value is -1.82. The molecule has 1 amide bonds. The Kier molecular flexibility index (Phi) is 3.99. The number of amides is 1. The molecule has 2 rings (SSSR count). The van der Waals surface area contributed by atoms with Gasteiger partial charge in [0.1, 0.15) is 0 Å². The molecule has 1 aromatic carbocycles. The van der Waals surface area contributed by atoms with Crippen LogP contribution in [0.1, 0.15) is 42.1 Å². The van der Waals surface area contributed by atoms with E-state index in [4.69, 9.17) is 5.26 Å². The monoisotopic (exact) mass is 242 g/mol. The van der Waals surface area contributed by atoms with E-state index in [1.807, 2.05) is 6.07 Å². The first kappa shape index (κ1) is 12.6. The van der Waals surface area contributed by atoms with Gasteiger partial charge in [-0.2, -0.15) is 5.26 Å². The predicted molar refractivity (Wildman–Crippen MR) is 70.0 cm³/mol. The molecule has 0 saturated heterocycles. The van der Waals surface area contributed by atoms with Crippen molar-refractivity contribution >= 4 is 5.91 Å². The van der Waals surface area contributed by atoms with Crippen LogP contribution in [0.2, 0.25) is 0 Å². The fraction of sp³-hybridized carbons (Fsp3) is 0.467. The fourth-order valence-corrected chi connectivity index (χ4v) is 2.58. The van der Waals surface area contributed by atoms with Crippen LogP contribution in [-0.2, 0) is 0 Å². The van der Waals surface area contributed by atoms with E-state index in [0.29, 0.717) is 23.0 Å². The van der Waals surface area contributed by atoms with Gasteiger partial charge in [0.05, 0.1) is 11.6 Å². The van der Waals surface area contributed by atoms with Crippen LogP contribution in [0.3, 0.4) is 0 Å². The number of nitrogens with one attached hydrogen (secondary N) is 1. The minimum Gasteiger partial charge on any atom is -0.352 e. The van der Waals surface area contributed by atoms with Crippen LogP contribution in [-0.4, -0.2) is 12.5 Å². The maximum atomic E-state index is 12.0. The van der Waals surface area contributed by atoms with E-state index in [1.165, 1.54) is 19.3 Å². The average Bonchev–Trinajstić information content (AvgIpc) is 2.81. The van der Waals surface area contributed by atoms with E-state index >= 15 is 0 Å². The smallest absolute Gasteiger partial charge is 0.251 e. The summed E-state index contributed by atoms with van der Waals surface area (Å²) in [6.45, 7) is 3.00. The highest BCUT2D eigenvalue weighted by Gasteiger charge is 2.23. The molecule has 0 aromatic heterocycles. The average molecular weight is 242 g/mol. The second kappa shape index (κ2) is 5.68. The Bertz CT molecular complexity index is 476. The molecule has 0 spiro atoms. The third kappa shape index (κ3) is 2.89. The van der Waals surface area contributed by atoms with Crippen LogP contribution in [0.5, 0.6) is 0 Å². The van der Waals surface area contributed by atoms with Crippen LogP contribution in [0.4, 0.5) is 0 Å². The summed E-state index contributed by atoms with van der Waals surface area (Å²) in [5, 5.41) is 11.8. The van der Waals surface area contributed by atoms with Gasteiger partial charge in [0.2, 0.25) is 0 Å². The summed E-state index contributed by atoms with van der Waals surface area (Å²) >= 11 is 0. The highest BCUT2D eigenvalue weighted by molar-refractivity contribution is 5.94. The lowest BCUT2D eigenvalue weighted by atomic mass is 9.98. The highest BCUT2D eigenvalue weighted by atomic mass is 16.1. The molecule has 2 unspecified atom stereocenters. The summed E-state index contributed by atoms with van der Waals surface area (Å²) in [6, 6.07) is 8.87. The van der Waals surface area contributed by atoms with Crippen LogP contribution >= 0.6 is 0 Å². The molecular formula is C15H18N2O. The number of carbonyl (C=O) groups is 1. The molecular weight excluding hydrogens is 224 g/mol. The summed E-state index contributed by atoms with van der Waals surface area (Å²) in [6.07, 6.45) is 3.75. The number of rotatable bonds is 3. The molecule has 0 heterocycles. The standard InChI is InChI=1S/C15H18N2O/c1-11-4-2-7-14(11)10-17-15(18)13-6-3-5-12(8-13)9-16/h3,5-6,8,11,14H,2,4,7,10H2,1H3,(H,17,18). The largest absolute Gasteiger partial charge is 0.352 e. The van der Waals surface area contributed by atoms with Crippen LogP contribution < -0.4 is 5.32 Å². The molecule has 1 aliphatic rings. The molecule has 18 heavy (non-hydrogen) atoms. The van der Waals surface area contributed by atoms with Crippen molar-refractivity contribution in [1.82, 2.24) is 5.32 Å². The number of hydrogen-bond donors (Lipinski definition) is 1. The quantitative estimate of drug-likeness (QED) is 0.886. The molecule has 0 radical (unpaired) electrons. The molecule has 1 fully saturated rings. The molecule has 1 aromatic rings. The summed E-state index contributed by atoms with van der Waals surface area (Å²) in [7, 11) is 0. The van der Waals surface area contributed by atoms with E-state index in [-0.39, 0.29) is 5.91 Å². The van der Waals surface area contributed by atoms with Gasteiger partial charge in [-0.25, -0.2) is 0 Å². The lowest BCUT2D eigenvalue weighted by Crippen LogP contribution is -2.30. The second-order valence-corrected chi connectivity index (χ2v) is 5.07. The van der Waals surface area contributed by atoms with Crippen LogP contribution in [0.25, 0.3) is 0 Å². The van der Waals surface area contributed by atoms with Gasteiger partial charge in [0.25, 0.3) is 5.91 Å². The van der Waals surface area contributed by atoms with Crippen molar-refractivity contribution in [3.8, 4) is 6.07 Å². The zero-order valence-corrected chi connectivity index (χ0v) is 10.6. The van der Waals surface area contributed by atoms with Gasteiger partial charge in [-0.1, -0.05) is 25.8 Å². The van der Waals surface area contributed by atoms with Crippen molar-refractivity contribution in [2.75, 3.05) is 6.54 Å². The Labute approximate surface area is 108 Å². The van der Waals surface area contributed by atoms with Crippen molar-refractivity contribution in [2.45, 2.75) is 26.2 Å². The topological polar surface area (TPSA) is 52.9 Å². The molecule has 0 bridgehead atoms. The van der Waals surface area contributed by atoms with E-state index in [9.17, 15) is 4.79 Å². The molecule has 1 N–H and O–H groups in total. The first-order valence-electron chi connectivity index (χ1n) is 6.49. The SMILES string of the molecule is CC1CCCC1CNC(=O)c1cccc(C#N)c1. The van der Waals surface area contributed by atoms with Gasteiger partial charge in [-0.15, -0.1) is 0 Å². The van der Waals surface area contributed by atoms with Gasteiger partial charge in [-0.3, -0.25) is 4.79 Å². The van der Waals surface area contributed by atoms with Crippen LogP contribution in [0, 0.1) is 23.2 Å². The number of benzene rings is 1. The zero-order valence-electron chi connectivity index (χ0n) is 10.6. The Morgan fingerprint density at radius 1 is 1.50 bits per heavy atom. The minimum absolute atomic E-state index is 0.0776. The van der Waals surface area contributed by atoms with Gasteiger partial charge < -0.3 is 5.32 Å². The third-order valence-electron chi connectivity index (χ3n) is 3.82. The van der Waals surface area contributed by atoms with Crippen molar-refractivity contribution in [3.05, 3.63) is 35.4 Å². The number of hydrogen-bond acceptors (Lipinski definition) is 2. The van der Waals surface area contributed by atoms with Gasteiger partial charge in [0, 0.05) is 12.1 Å². The second-order valence-electron chi connectivity index (χ2n) is 5.07. The maximum absolute atomic E-state index is 12.0. The molecule has 1 aliphatic carbocycles. The summed E-state index contributed by atoms with van der Waals surface area (Å²) in [5.74, 6) is 1.23. The molecule has 2 atom stereocenters. The predicted octanol–water partition coefficient (Wildman–Crippen LogP) is 2.72. The van der Waals surface area contributed by atoms with Gasteiger partial charge in [-0.05, 0) is 36.5 Å². The van der Waals surface area contributed by atoms with Crippen molar-refractivity contribution in [1.29, 1.82) is 5.26 Å². The van der Waals surface area contributed by atoms with Crippen molar-refractivity contribution in [3.63, 3.8) is 0 Å². The van der Waals surface area contributed by atoms with E-state index < -0.39 is 0 Å².